The van der Waals surface area contributed by atoms with Crippen molar-refractivity contribution >= 4 is 12.1 Å². The maximum Gasteiger partial charge on any atom is 0.407 e. The monoisotopic (exact) mass is 328 g/mol. The van der Waals surface area contributed by atoms with Gasteiger partial charge in [0.25, 0.3) is 0 Å². The van der Waals surface area contributed by atoms with E-state index in [-0.39, 0.29) is 19.1 Å². The van der Waals surface area contributed by atoms with E-state index in [1.165, 1.54) is 6.92 Å². The number of benzene rings is 1. The largest absolute Gasteiger partial charge is 0.462 e. The maximum absolute atomic E-state index is 11.8. The molecule has 0 spiro atoms. The predicted octanol–water partition coefficient (Wildman–Crippen LogP) is 2.50. The first-order valence-electron chi connectivity index (χ1n) is 7.66. The second-order valence-electron chi connectivity index (χ2n) is 5.07. The van der Waals surface area contributed by atoms with E-state index in [0.717, 1.165) is 11.3 Å². The Kier molecular flexibility index (Phi) is 6.76. The number of carbonyl (C=O) groups excluding carboxylic acids is 2. The van der Waals surface area contributed by atoms with E-state index in [9.17, 15) is 9.59 Å². The summed E-state index contributed by atoms with van der Waals surface area (Å²) in [5, 5.41) is 2.73. The number of amides is 1. The van der Waals surface area contributed by atoms with Crippen molar-refractivity contribution in [2.24, 2.45) is 0 Å². The van der Waals surface area contributed by atoms with Crippen molar-refractivity contribution in [2.45, 2.75) is 12.8 Å². The number of hydrogen-bond donors (Lipinski definition) is 1. The average molecular weight is 328 g/mol. The molecule has 0 unspecified atom stereocenters. The smallest absolute Gasteiger partial charge is 0.407 e. The third-order valence-electron chi connectivity index (χ3n) is 3.32. The van der Waals surface area contributed by atoms with Crippen LogP contribution in [-0.2, 0) is 14.3 Å². The summed E-state index contributed by atoms with van der Waals surface area (Å²) in [6, 6.07) is 15.5. The second kappa shape index (κ2) is 9.29. The van der Waals surface area contributed by atoms with Gasteiger partial charge >= 0.3 is 12.1 Å². The first kappa shape index (κ1) is 17.5. The molecule has 126 valence electrons. The van der Waals surface area contributed by atoms with E-state index in [1.54, 1.807) is 6.20 Å². The molecule has 1 aromatic carbocycles. The molecule has 0 saturated heterocycles. The maximum atomic E-state index is 11.8. The summed E-state index contributed by atoms with van der Waals surface area (Å²) in [5.41, 5.74) is 1.92. The minimum atomic E-state index is -0.556. The second-order valence-corrected chi connectivity index (χ2v) is 5.07. The fourth-order valence-corrected chi connectivity index (χ4v) is 2.22. The van der Waals surface area contributed by atoms with Gasteiger partial charge in [-0.25, -0.2) is 4.79 Å². The molecule has 6 nitrogen and oxygen atoms in total. The minimum Gasteiger partial charge on any atom is -0.462 e. The molecular formula is C18H20N2O4. The van der Waals surface area contributed by atoms with Gasteiger partial charge in [0.05, 0.1) is 0 Å². The summed E-state index contributed by atoms with van der Waals surface area (Å²) >= 11 is 0. The highest BCUT2D eigenvalue weighted by atomic mass is 16.6. The van der Waals surface area contributed by atoms with E-state index in [4.69, 9.17) is 9.47 Å². The Morgan fingerprint density at radius 1 is 1.04 bits per heavy atom. The van der Waals surface area contributed by atoms with Crippen LogP contribution in [0.5, 0.6) is 0 Å². The Morgan fingerprint density at radius 2 is 1.75 bits per heavy atom. The van der Waals surface area contributed by atoms with Crippen molar-refractivity contribution in [3.8, 4) is 0 Å². The van der Waals surface area contributed by atoms with Crippen LogP contribution < -0.4 is 5.32 Å². The van der Waals surface area contributed by atoms with Crippen LogP contribution in [-0.4, -0.2) is 36.8 Å². The highest BCUT2D eigenvalue weighted by Gasteiger charge is 2.16. The van der Waals surface area contributed by atoms with Crippen LogP contribution in [0.4, 0.5) is 4.79 Å². The highest BCUT2D eigenvalue weighted by molar-refractivity contribution is 5.67. The van der Waals surface area contributed by atoms with Crippen LogP contribution in [0.3, 0.4) is 0 Å². The Hall–Kier alpha value is -2.89. The number of rotatable bonds is 7. The summed E-state index contributed by atoms with van der Waals surface area (Å²) in [7, 11) is 0. The van der Waals surface area contributed by atoms with Crippen LogP contribution >= 0.6 is 0 Å². The fraction of sp³-hybridized carbons (Fsp3) is 0.278. The molecule has 0 aliphatic heterocycles. The van der Waals surface area contributed by atoms with Gasteiger partial charge in [0, 0.05) is 31.3 Å². The van der Waals surface area contributed by atoms with Crippen molar-refractivity contribution in [1.82, 2.24) is 10.3 Å². The quantitative estimate of drug-likeness (QED) is 0.624. The van der Waals surface area contributed by atoms with Crippen molar-refractivity contribution in [1.29, 1.82) is 0 Å². The number of hydrogen-bond acceptors (Lipinski definition) is 5. The lowest BCUT2D eigenvalue weighted by atomic mass is 9.95. The van der Waals surface area contributed by atoms with E-state index in [0.29, 0.717) is 6.54 Å². The average Bonchev–Trinajstić information content (AvgIpc) is 2.61. The molecule has 2 rings (SSSR count). The van der Waals surface area contributed by atoms with Crippen molar-refractivity contribution in [3.05, 3.63) is 66.0 Å². The number of carbonyl (C=O) groups is 2. The summed E-state index contributed by atoms with van der Waals surface area (Å²) in [5.74, 6) is -0.480. The van der Waals surface area contributed by atoms with Gasteiger partial charge in [-0.2, -0.15) is 0 Å². The molecule has 0 aliphatic carbocycles. The third-order valence-corrected chi connectivity index (χ3v) is 3.32. The summed E-state index contributed by atoms with van der Waals surface area (Å²) in [6.45, 7) is 1.72. The number of alkyl carbamates (subject to hydrolysis) is 1. The fourth-order valence-electron chi connectivity index (χ4n) is 2.22. The van der Waals surface area contributed by atoms with Crippen LogP contribution in [0.2, 0.25) is 0 Å². The van der Waals surface area contributed by atoms with Gasteiger partial charge in [-0.1, -0.05) is 36.4 Å². The van der Waals surface area contributed by atoms with E-state index >= 15 is 0 Å². The molecule has 6 heteroatoms. The van der Waals surface area contributed by atoms with Crippen molar-refractivity contribution < 1.29 is 19.1 Å². The number of nitrogens with one attached hydrogen (secondary N) is 1. The molecule has 0 saturated carbocycles. The van der Waals surface area contributed by atoms with Crippen LogP contribution in [0.15, 0.2) is 54.7 Å². The molecule has 1 N–H and O–H groups in total. The SMILES string of the molecule is CC(=O)OCCOC(=O)NC[C@@H](c1ccccc1)c1ccccn1. The molecule has 0 bridgehead atoms. The van der Waals surface area contributed by atoms with Gasteiger partial charge in [-0.15, -0.1) is 0 Å². The van der Waals surface area contributed by atoms with Crippen LogP contribution in [0.25, 0.3) is 0 Å². The molecule has 1 aromatic heterocycles. The standard InChI is InChI=1S/C18H20N2O4/c1-14(21)23-11-12-24-18(22)20-13-16(15-7-3-2-4-8-15)17-9-5-6-10-19-17/h2-10,16H,11-13H2,1H3,(H,20,22)/t16-/m0/s1. The zero-order valence-electron chi connectivity index (χ0n) is 13.5. The molecule has 1 heterocycles. The Balaban J connectivity index is 1.92. The minimum absolute atomic E-state index is 0.0189. The Morgan fingerprint density at radius 3 is 2.42 bits per heavy atom. The lowest BCUT2D eigenvalue weighted by Gasteiger charge is -2.17. The normalized spacial score (nSPS) is 11.4. The number of pyridine rings is 1. The first-order chi connectivity index (χ1) is 11.7. The Bertz CT molecular complexity index is 607. The number of esters is 1. The van der Waals surface area contributed by atoms with Crippen molar-refractivity contribution in [2.75, 3.05) is 19.8 Å². The van der Waals surface area contributed by atoms with Gasteiger partial charge in [0.2, 0.25) is 0 Å². The topological polar surface area (TPSA) is 77.5 Å². The van der Waals surface area contributed by atoms with Gasteiger partial charge in [0.1, 0.15) is 13.2 Å². The molecule has 1 atom stereocenters. The van der Waals surface area contributed by atoms with Gasteiger partial charge < -0.3 is 14.8 Å². The zero-order valence-corrected chi connectivity index (χ0v) is 13.5. The summed E-state index contributed by atoms with van der Waals surface area (Å²) in [4.78, 5) is 26.8. The highest BCUT2D eigenvalue weighted by Crippen LogP contribution is 2.21. The van der Waals surface area contributed by atoms with Crippen molar-refractivity contribution in [3.63, 3.8) is 0 Å². The van der Waals surface area contributed by atoms with Crippen LogP contribution in [0.1, 0.15) is 24.1 Å². The number of ether oxygens (including phenoxy) is 2. The Labute approximate surface area is 140 Å². The van der Waals surface area contributed by atoms with E-state index < -0.39 is 12.1 Å². The summed E-state index contributed by atoms with van der Waals surface area (Å²) < 4.78 is 9.67. The molecular weight excluding hydrogens is 308 g/mol. The number of nitrogens with zero attached hydrogens (tertiary/aromatic N) is 1. The molecule has 0 radical (unpaired) electrons. The van der Waals surface area contributed by atoms with E-state index in [1.807, 2.05) is 48.5 Å². The van der Waals surface area contributed by atoms with Gasteiger partial charge in [-0.05, 0) is 17.7 Å². The van der Waals surface area contributed by atoms with E-state index in [2.05, 4.69) is 10.3 Å². The number of aromatic nitrogens is 1. The molecule has 1 amide bonds. The lowest BCUT2D eigenvalue weighted by molar-refractivity contribution is -0.141. The zero-order chi connectivity index (χ0) is 17.2. The molecule has 24 heavy (non-hydrogen) atoms. The first-order valence-corrected chi connectivity index (χ1v) is 7.66. The lowest BCUT2D eigenvalue weighted by Crippen LogP contribution is -2.30. The molecule has 0 fully saturated rings. The summed E-state index contributed by atoms with van der Waals surface area (Å²) in [6.07, 6.45) is 1.17. The predicted molar refractivity (Wildman–Crippen MR) is 88.5 cm³/mol. The molecule has 2 aromatic rings. The third kappa shape index (κ3) is 5.72. The molecule has 0 aliphatic rings. The van der Waals surface area contributed by atoms with Crippen LogP contribution in [0, 0.1) is 0 Å². The van der Waals surface area contributed by atoms with Gasteiger partial charge in [-0.3, -0.25) is 9.78 Å². The van der Waals surface area contributed by atoms with Gasteiger partial charge in [0.15, 0.2) is 0 Å².